The number of rotatable bonds is 9. The van der Waals surface area contributed by atoms with E-state index in [-0.39, 0.29) is 5.91 Å². The highest BCUT2D eigenvalue weighted by molar-refractivity contribution is 7.22. The number of ether oxygens (including phenoxy) is 1. The first kappa shape index (κ1) is 20.3. The minimum atomic E-state index is 0.0568. The van der Waals surface area contributed by atoms with Gasteiger partial charge in [-0.25, -0.2) is 4.98 Å². The average Bonchev–Trinajstić information content (AvgIpc) is 3.11. The zero-order valence-electron chi connectivity index (χ0n) is 16.8. The summed E-state index contributed by atoms with van der Waals surface area (Å²) < 4.78 is 6.83. The molecule has 0 unspecified atom stereocenters. The van der Waals surface area contributed by atoms with E-state index in [4.69, 9.17) is 9.72 Å². The highest BCUT2D eigenvalue weighted by Crippen LogP contribution is 2.31. The molecular weight excluding hydrogens is 370 g/mol. The van der Waals surface area contributed by atoms with Crippen molar-refractivity contribution in [2.24, 2.45) is 0 Å². The van der Waals surface area contributed by atoms with E-state index in [9.17, 15) is 4.79 Å². The van der Waals surface area contributed by atoms with Crippen LogP contribution in [0.5, 0.6) is 5.75 Å². The molecular formula is C22H28N3O2S+. The number of benzene rings is 2. The number of para-hydroxylation sites is 2. The number of hydrogen-bond donors (Lipinski definition) is 1. The number of nitrogens with one attached hydrogen (secondary N) is 1. The first-order valence-electron chi connectivity index (χ1n) is 9.68. The van der Waals surface area contributed by atoms with Gasteiger partial charge in [0.25, 0.3) is 0 Å². The monoisotopic (exact) mass is 398 g/mol. The quantitative estimate of drug-likeness (QED) is 0.603. The van der Waals surface area contributed by atoms with Crippen molar-refractivity contribution in [1.82, 2.24) is 4.98 Å². The Morgan fingerprint density at radius 3 is 2.64 bits per heavy atom. The number of anilines is 1. The molecule has 0 aliphatic heterocycles. The number of hydrogen-bond acceptors (Lipinski definition) is 4. The highest BCUT2D eigenvalue weighted by atomic mass is 32.1. The Hall–Kier alpha value is -2.44. The van der Waals surface area contributed by atoms with Crippen molar-refractivity contribution in [2.45, 2.75) is 19.8 Å². The number of carbonyl (C=O) groups is 1. The van der Waals surface area contributed by atoms with E-state index in [0.717, 1.165) is 39.6 Å². The molecule has 1 N–H and O–H groups in total. The topological polar surface area (TPSA) is 46.9 Å². The summed E-state index contributed by atoms with van der Waals surface area (Å²) in [5, 5.41) is 0.780. The van der Waals surface area contributed by atoms with Crippen LogP contribution in [0.25, 0.3) is 10.2 Å². The van der Waals surface area contributed by atoms with Gasteiger partial charge in [0.15, 0.2) is 5.13 Å². The van der Waals surface area contributed by atoms with Crippen molar-refractivity contribution >= 4 is 32.6 Å². The second kappa shape index (κ2) is 9.66. The van der Waals surface area contributed by atoms with Crippen molar-refractivity contribution in [3.05, 3.63) is 54.1 Å². The van der Waals surface area contributed by atoms with Crippen LogP contribution in [0.2, 0.25) is 0 Å². The minimum Gasteiger partial charge on any atom is -0.493 e. The van der Waals surface area contributed by atoms with Gasteiger partial charge >= 0.3 is 0 Å². The number of thiazole rings is 1. The number of fused-ring (bicyclic) bond motifs is 1. The maximum atomic E-state index is 13.0. The summed E-state index contributed by atoms with van der Waals surface area (Å²) in [5.74, 6) is 0.843. The van der Waals surface area contributed by atoms with Crippen LogP contribution in [0.4, 0.5) is 5.13 Å². The van der Waals surface area contributed by atoms with Crippen molar-refractivity contribution < 1.29 is 14.4 Å². The minimum absolute atomic E-state index is 0.0568. The fourth-order valence-corrected chi connectivity index (χ4v) is 4.10. The second-order valence-corrected chi connectivity index (χ2v) is 8.19. The molecule has 148 valence electrons. The second-order valence-electron chi connectivity index (χ2n) is 7.19. The molecule has 0 bridgehead atoms. The zero-order valence-corrected chi connectivity index (χ0v) is 17.6. The van der Waals surface area contributed by atoms with E-state index in [1.165, 1.54) is 4.90 Å². The third-order valence-corrected chi connectivity index (χ3v) is 5.57. The van der Waals surface area contributed by atoms with E-state index < -0.39 is 0 Å². The summed E-state index contributed by atoms with van der Waals surface area (Å²) in [6.45, 7) is 4.10. The van der Waals surface area contributed by atoms with E-state index in [1.54, 1.807) is 11.3 Å². The number of carbonyl (C=O) groups excluding carboxylic acids is 1. The smallest absolute Gasteiger partial charge is 0.232 e. The Balaban J connectivity index is 1.71. The number of aryl methyl sites for hydroxylation is 1. The molecule has 0 aliphatic carbocycles. The molecule has 0 atom stereocenters. The normalized spacial score (nSPS) is 11.1. The predicted molar refractivity (Wildman–Crippen MR) is 116 cm³/mol. The highest BCUT2D eigenvalue weighted by Gasteiger charge is 2.20. The van der Waals surface area contributed by atoms with Crippen molar-refractivity contribution in [3.63, 3.8) is 0 Å². The maximum Gasteiger partial charge on any atom is 0.232 e. The van der Waals surface area contributed by atoms with E-state index in [1.807, 2.05) is 41.3 Å². The Kier molecular flexibility index (Phi) is 7.01. The molecule has 3 rings (SSSR count). The Morgan fingerprint density at radius 1 is 1.14 bits per heavy atom. The summed E-state index contributed by atoms with van der Waals surface area (Å²) in [5.41, 5.74) is 2.12. The standard InChI is InChI=1S/C22H27N3O2S/c1-17-9-7-12-19-21(17)23-22(28-19)25(15-8-14-24(2)3)20(26)13-16-27-18-10-5-4-6-11-18/h4-7,9-12H,8,13-16H2,1-3H3/p+1. The molecule has 0 radical (unpaired) electrons. The third-order valence-electron chi connectivity index (χ3n) is 4.53. The lowest BCUT2D eigenvalue weighted by Crippen LogP contribution is -3.05. The Bertz CT molecular complexity index is 909. The summed E-state index contributed by atoms with van der Waals surface area (Å²) in [6, 6.07) is 15.8. The van der Waals surface area contributed by atoms with Crippen LogP contribution in [0.15, 0.2) is 48.5 Å². The van der Waals surface area contributed by atoms with Crippen LogP contribution in [0.1, 0.15) is 18.4 Å². The number of aromatic nitrogens is 1. The fourth-order valence-electron chi connectivity index (χ4n) is 3.02. The van der Waals surface area contributed by atoms with Crippen molar-refractivity contribution in [3.8, 4) is 5.75 Å². The molecule has 0 saturated carbocycles. The Labute approximate surface area is 170 Å². The van der Waals surface area contributed by atoms with Gasteiger partial charge in [0.2, 0.25) is 5.91 Å². The largest absolute Gasteiger partial charge is 0.493 e. The lowest BCUT2D eigenvalue weighted by molar-refractivity contribution is -0.858. The van der Waals surface area contributed by atoms with Gasteiger partial charge in [0, 0.05) is 13.0 Å². The van der Waals surface area contributed by atoms with Crippen LogP contribution in [0.3, 0.4) is 0 Å². The van der Waals surface area contributed by atoms with E-state index in [0.29, 0.717) is 19.6 Å². The summed E-state index contributed by atoms with van der Waals surface area (Å²) in [6.07, 6.45) is 1.27. The van der Waals surface area contributed by atoms with Gasteiger partial charge in [-0.1, -0.05) is 41.7 Å². The lowest BCUT2D eigenvalue weighted by atomic mass is 10.2. The van der Waals surface area contributed by atoms with Crippen molar-refractivity contribution in [2.75, 3.05) is 38.7 Å². The lowest BCUT2D eigenvalue weighted by Gasteiger charge is -2.20. The first-order valence-corrected chi connectivity index (χ1v) is 10.5. The third kappa shape index (κ3) is 5.30. The summed E-state index contributed by atoms with van der Waals surface area (Å²) in [4.78, 5) is 21.0. The van der Waals surface area contributed by atoms with Gasteiger partial charge in [0.1, 0.15) is 5.75 Å². The van der Waals surface area contributed by atoms with E-state index >= 15 is 0 Å². The van der Waals surface area contributed by atoms with Gasteiger partial charge < -0.3 is 9.64 Å². The fraction of sp³-hybridized carbons (Fsp3) is 0.364. The molecule has 5 nitrogen and oxygen atoms in total. The molecule has 0 spiro atoms. The maximum absolute atomic E-state index is 13.0. The van der Waals surface area contributed by atoms with Crippen LogP contribution in [-0.4, -0.2) is 44.7 Å². The number of amides is 1. The van der Waals surface area contributed by atoms with Crippen LogP contribution >= 0.6 is 11.3 Å². The van der Waals surface area contributed by atoms with Crippen molar-refractivity contribution in [1.29, 1.82) is 0 Å². The predicted octanol–water partition coefficient (Wildman–Crippen LogP) is 2.94. The van der Waals surface area contributed by atoms with Gasteiger partial charge in [0.05, 0.1) is 43.9 Å². The molecule has 1 amide bonds. The summed E-state index contributed by atoms with van der Waals surface area (Å²) in [7, 11) is 4.25. The molecule has 0 aliphatic rings. The molecule has 28 heavy (non-hydrogen) atoms. The van der Waals surface area contributed by atoms with E-state index in [2.05, 4.69) is 33.2 Å². The average molecular weight is 399 g/mol. The molecule has 1 aromatic heterocycles. The van der Waals surface area contributed by atoms with Gasteiger partial charge in [-0.3, -0.25) is 9.69 Å². The molecule has 2 aromatic carbocycles. The molecule has 6 heteroatoms. The number of nitrogens with zero attached hydrogens (tertiary/aromatic N) is 2. The van der Waals surface area contributed by atoms with Gasteiger partial charge in [-0.2, -0.15) is 0 Å². The molecule has 1 heterocycles. The molecule has 3 aromatic rings. The van der Waals surface area contributed by atoms with Crippen LogP contribution < -0.4 is 14.5 Å². The van der Waals surface area contributed by atoms with Crippen LogP contribution in [-0.2, 0) is 4.79 Å². The zero-order chi connectivity index (χ0) is 19.9. The molecule has 0 fully saturated rings. The SMILES string of the molecule is Cc1cccc2sc(N(CCC[NH+](C)C)C(=O)CCOc3ccccc3)nc12. The first-order chi connectivity index (χ1) is 13.5. The summed E-state index contributed by atoms with van der Waals surface area (Å²) >= 11 is 1.58. The van der Waals surface area contributed by atoms with Gasteiger partial charge in [-0.05, 0) is 30.7 Å². The van der Waals surface area contributed by atoms with Gasteiger partial charge in [-0.15, -0.1) is 0 Å². The Morgan fingerprint density at radius 2 is 1.93 bits per heavy atom. The van der Waals surface area contributed by atoms with Crippen LogP contribution in [0, 0.1) is 6.92 Å². The molecule has 0 saturated heterocycles. The number of quaternary nitrogens is 1.